The van der Waals surface area contributed by atoms with Gasteiger partial charge in [0.05, 0.1) is 17.3 Å². The van der Waals surface area contributed by atoms with Crippen molar-refractivity contribution in [1.82, 2.24) is 9.36 Å². The Labute approximate surface area is 144 Å². The number of carbonyl (C=O) groups excluding carboxylic acids is 2. The van der Waals surface area contributed by atoms with Crippen LogP contribution in [0.4, 0.5) is 10.8 Å². The first kappa shape index (κ1) is 17.8. The lowest BCUT2D eigenvalue weighted by molar-refractivity contribution is -0.384. The van der Waals surface area contributed by atoms with Gasteiger partial charge in [0.1, 0.15) is 0 Å². The van der Waals surface area contributed by atoms with Gasteiger partial charge in [0.25, 0.3) is 11.5 Å². The number of aromatic nitrogens is 2. The summed E-state index contributed by atoms with van der Waals surface area (Å²) in [7, 11) is 1.21. The van der Waals surface area contributed by atoms with Crippen molar-refractivity contribution in [2.24, 2.45) is 0 Å². The minimum absolute atomic E-state index is 0.0133. The van der Waals surface area contributed by atoms with E-state index in [0.717, 1.165) is 16.4 Å². The van der Waals surface area contributed by atoms with Crippen LogP contribution in [0.3, 0.4) is 0 Å². The molecule has 0 aliphatic carbocycles. The molecule has 0 saturated carbocycles. The normalized spacial score (nSPS) is 11.6. The van der Waals surface area contributed by atoms with Crippen LogP contribution in [0.2, 0.25) is 0 Å². The summed E-state index contributed by atoms with van der Waals surface area (Å²) in [5.74, 6) is -1.13. The van der Waals surface area contributed by atoms with Crippen LogP contribution < -0.4 is 5.32 Å². The van der Waals surface area contributed by atoms with Crippen molar-refractivity contribution in [3.8, 4) is 0 Å². The summed E-state index contributed by atoms with van der Waals surface area (Å²) in [4.78, 5) is 38.1. The molecule has 0 unspecified atom stereocenters. The van der Waals surface area contributed by atoms with Gasteiger partial charge in [-0.25, -0.2) is 4.79 Å². The van der Waals surface area contributed by atoms with Gasteiger partial charge in [0, 0.05) is 28.6 Å². The third-order valence-electron chi connectivity index (χ3n) is 2.75. The number of thioether (sulfide) groups is 1. The second kappa shape index (κ2) is 7.84. The van der Waals surface area contributed by atoms with Crippen molar-refractivity contribution in [2.75, 3.05) is 12.4 Å². The van der Waals surface area contributed by atoms with Crippen molar-refractivity contribution < 1.29 is 19.2 Å². The van der Waals surface area contributed by atoms with Crippen molar-refractivity contribution in [2.45, 2.75) is 17.1 Å². The molecule has 0 bridgehead atoms. The number of nitro benzene ring substituents is 1. The molecule has 1 amide bonds. The van der Waals surface area contributed by atoms with E-state index in [1.54, 1.807) is 19.1 Å². The quantitative estimate of drug-likeness (QED) is 0.356. The molecule has 0 aliphatic heterocycles. The number of hydrogen-bond acceptors (Lipinski definition) is 9. The zero-order chi connectivity index (χ0) is 17.7. The monoisotopic (exact) mass is 368 g/mol. The number of nitro groups is 1. The minimum Gasteiger partial charge on any atom is -0.463 e. The molecule has 1 heterocycles. The van der Waals surface area contributed by atoms with Crippen LogP contribution in [-0.2, 0) is 9.53 Å². The second-order valence-electron chi connectivity index (χ2n) is 4.42. The number of methoxy groups -OCH3 is 1. The molecule has 0 aliphatic rings. The number of carbonyl (C=O) groups is 2. The molecule has 1 atom stereocenters. The highest BCUT2D eigenvalue weighted by molar-refractivity contribution is 8.00. The zero-order valence-electron chi connectivity index (χ0n) is 12.6. The van der Waals surface area contributed by atoms with Gasteiger partial charge in [-0.1, -0.05) is 0 Å². The summed E-state index contributed by atoms with van der Waals surface area (Å²) in [5, 5.41) is 12.9. The molecule has 1 N–H and O–H groups in total. The smallest absolute Gasteiger partial charge is 0.377 e. The van der Waals surface area contributed by atoms with E-state index in [4.69, 9.17) is 0 Å². The summed E-state index contributed by atoms with van der Waals surface area (Å²) in [6.07, 6.45) is 0. The minimum atomic E-state index is -0.681. The number of benzene rings is 1. The van der Waals surface area contributed by atoms with Gasteiger partial charge in [0.2, 0.25) is 11.0 Å². The lowest BCUT2D eigenvalue weighted by atomic mass is 10.3. The van der Waals surface area contributed by atoms with Gasteiger partial charge in [-0.2, -0.15) is 9.36 Å². The fourth-order valence-electron chi connectivity index (χ4n) is 1.56. The summed E-state index contributed by atoms with van der Waals surface area (Å²) < 4.78 is 8.27. The first-order chi connectivity index (χ1) is 11.4. The Kier molecular flexibility index (Phi) is 5.82. The number of nitrogens with zero attached hydrogens (tertiary/aromatic N) is 3. The third kappa shape index (κ3) is 4.49. The van der Waals surface area contributed by atoms with Crippen molar-refractivity contribution >= 4 is 46.0 Å². The summed E-state index contributed by atoms with van der Waals surface area (Å²) >= 11 is 2.11. The number of esters is 1. The van der Waals surface area contributed by atoms with Crippen LogP contribution in [0.1, 0.15) is 17.5 Å². The van der Waals surface area contributed by atoms with Gasteiger partial charge in [-0.15, -0.1) is 11.8 Å². The Balaban J connectivity index is 1.95. The molecule has 126 valence electrons. The molecule has 24 heavy (non-hydrogen) atoms. The summed E-state index contributed by atoms with van der Waals surface area (Å²) in [6.45, 7) is 1.68. The first-order valence-corrected chi connectivity index (χ1v) is 8.20. The average Bonchev–Trinajstić information content (AvgIpc) is 3.03. The third-order valence-corrected chi connectivity index (χ3v) is 4.50. The number of anilines is 1. The van der Waals surface area contributed by atoms with E-state index >= 15 is 0 Å². The van der Waals surface area contributed by atoms with Crippen LogP contribution in [-0.4, -0.2) is 38.5 Å². The van der Waals surface area contributed by atoms with E-state index in [0.29, 0.717) is 0 Å². The topological polar surface area (TPSA) is 124 Å². The molecule has 11 heteroatoms. The Hall–Kier alpha value is -2.53. The second-order valence-corrected chi connectivity index (χ2v) is 6.58. The van der Waals surface area contributed by atoms with Gasteiger partial charge in [-0.3, -0.25) is 20.2 Å². The number of hydrogen-bond donors (Lipinski definition) is 1. The number of amides is 1. The van der Waals surface area contributed by atoms with Crippen LogP contribution in [0.5, 0.6) is 0 Å². The summed E-state index contributed by atoms with van der Waals surface area (Å²) in [5.41, 5.74) is -0.0133. The van der Waals surface area contributed by atoms with Gasteiger partial charge < -0.3 is 4.74 Å². The van der Waals surface area contributed by atoms with Crippen molar-refractivity contribution in [1.29, 1.82) is 0 Å². The fourth-order valence-corrected chi connectivity index (χ4v) is 2.99. The number of rotatable bonds is 6. The largest absolute Gasteiger partial charge is 0.463 e. The molecular formula is C13H12N4O5S2. The SMILES string of the molecule is COC(=O)c1nsc(NC(=O)[C@H](C)Sc2ccc([N+](=O)[O-])cc2)n1. The molecule has 1 aromatic heterocycles. The van der Waals surface area contributed by atoms with E-state index < -0.39 is 16.1 Å². The number of ether oxygens (including phenoxy) is 1. The van der Waals surface area contributed by atoms with E-state index in [2.05, 4.69) is 19.4 Å². The molecule has 2 rings (SSSR count). The number of non-ortho nitro benzene ring substituents is 1. The maximum Gasteiger partial charge on any atom is 0.377 e. The Bertz CT molecular complexity index is 762. The predicted octanol–water partition coefficient (Wildman–Crippen LogP) is 2.35. The Morgan fingerprint density at radius 1 is 1.38 bits per heavy atom. The summed E-state index contributed by atoms with van der Waals surface area (Å²) in [6, 6.07) is 5.90. The van der Waals surface area contributed by atoms with E-state index in [-0.39, 0.29) is 22.6 Å². The molecule has 0 radical (unpaired) electrons. The van der Waals surface area contributed by atoms with E-state index in [9.17, 15) is 19.7 Å². The highest BCUT2D eigenvalue weighted by atomic mass is 32.2. The lowest BCUT2D eigenvalue weighted by Gasteiger charge is -2.09. The maximum absolute atomic E-state index is 12.1. The standard InChI is InChI=1S/C13H12N4O5S2/c1-7(23-9-5-3-8(4-6-9)17(20)21)11(18)15-13-14-10(16-24-13)12(19)22-2/h3-7H,1-2H3,(H,14,15,16,18)/t7-/m0/s1. The predicted molar refractivity (Wildman–Crippen MR) is 88.3 cm³/mol. The van der Waals surface area contributed by atoms with Crippen LogP contribution in [0.15, 0.2) is 29.2 Å². The van der Waals surface area contributed by atoms with E-state index in [1.807, 2.05) is 0 Å². The van der Waals surface area contributed by atoms with Gasteiger partial charge >= 0.3 is 5.97 Å². The molecule has 2 aromatic rings. The number of nitrogens with one attached hydrogen (secondary N) is 1. The molecule has 1 aromatic carbocycles. The van der Waals surface area contributed by atoms with Gasteiger partial charge in [0.15, 0.2) is 0 Å². The zero-order valence-corrected chi connectivity index (χ0v) is 14.2. The Morgan fingerprint density at radius 2 is 2.04 bits per heavy atom. The Morgan fingerprint density at radius 3 is 2.62 bits per heavy atom. The molecule has 0 saturated heterocycles. The maximum atomic E-state index is 12.1. The van der Waals surface area contributed by atoms with E-state index in [1.165, 1.54) is 31.0 Å². The van der Waals surface area contributed by atoms with Gasteiger partial charge in [-0.05, 0) is 19.1 Å². The molecular weight excluding hydrogens is 356 g/mol. The molecule has 0 spiro atoms. The highest BCUT2D eigenvalue weighted by Crippen LogP contribution is 2.26. The fraction of sp³-hybridized carbons (Fsp3) is 0.231. The highest BCUT2D eigenvalue weighted by Gasteiger charge is 2.19. The molecule has 0 fully saturated rings. The van der Waals surface area contributed by atoms with Crippen LogP contribution in [0, 0.1) is 10.1 Å². The molecule has 9 nitrogen and oxygen atoms in total. The van der Waals surface area contributed by atoms with Crippen molar-refractivity contribution in [3.05, 3.63) is 40.2 Å². The van der Waals surface area contributed by atoms with Crippen LogP contribution >= 0.6 is 23.3 Å². The van der Waals surface area contributed by atoms with Crippen LogP contribution in [0.25, 0.3) is 0 Å². The lowest BCUT2D eigenvalue weighted by Crippen LogP contribution is -2.22. The first-order valence-electron chi connectivity index (χ1n) is 6.54. The average molecular weight is 368 g/mol. The van der Waals surface area contributed by atoms with Crippen molar-refractivity contribution in [3.63, 3.8) is 0 Å².